The Balaban J connectivity index is 1.48. The first-order valence-corrected chi connectivity index (χ1v) is 11.4. The van der Waals surface area contributed by atoms with Gasteiger partial charge in [0.2, 0.25) is 5.95 Å². The van der Waals surface area contributed by atoms with Crippen molar-refractivity contribution in [3.63, 3.8) is 0 Å². The van der Waals surface area contributed by atoms with Crippen LogP contribution in [0.1, 0.15) is 35.2 Å². The SMILES string of the molecule is CC1=C(C(=O)Nc2cccc(C)c2C)C(c2cccc(OCc3ccccc3)c2)n2nnnc2N1. The Morgan fingerprint density at radius 1 is 1.03 bits per heavy atom. The summed E-state index contributed by atoms with van der Waals surface area (Å²) >= 11 is 0. The van der Waals surface area contributed by atoms with Crippen LogP contribution in [-0.4, -0.2) is 26.1 Å². The normalized spacial score (nSPS) is 14.8. The summed E-state index contributed by atoms with van der Waals surface area (Å²) in [7, 11) is 0. The Bertz CT molecular complexity index is 1410. The molecule has 1 aromatic heterocycles. The summed E-state index contributed by atoms with van der Waals surface area (Å²) in [6.07, 6.45) is 0. The van der Waals surface area contributed by atoms with Crippen LogP contribution in [0.5, 0.6) is 5.75 Å². The fourth-order valence-electron chi connectivity index (χ4n) is 4.21. The molecule has 3 aromatic carbocycles. The van der Waals surface area contributed by atoms with E-state index in [1.54, 1.807) is 4.68 Å². The minimum absolute atomic E-state index is 0.217. The summed E-state index contributed by atoms with van der Waals surface area (Å²) < 4.78 is 7.67. The van der Waals surface area contributed by atoms with E-state index in [0.29, 0.717) is 29.6 Å². The number of rotatable bonds is 6. The Morgan fingerprint density at radius 2 is 1.83 bits per heavy atom. The molecule has 8 heteroatoms. The molecule has 2 N–H and O–H groups in total. The van der Waals surface area contributed by atoms with E-state index in [-0.39, 0.29) is 5.91 Å². The van der Waals surface area contributed by atoms with Crippen LogP contribution in [0.3, 0.4) is 0 Å². The largest absolute Gasteiger partial charge is 0.489 e. The van der Waals surface area contributed by atoms with Crippen LogP contribution in [-0.2, 0) is 11.4 Å². The second-order valence-electron chi connectivity index (χ2n) is 8.56. The first-order valence-electron chi connectivity index (χ1n) is 11.4. The second kappa shape index (κ2) is 9.42. The Hall–Kier alpha value is -4.46. The number of tetrazole rings is 1. The lowest BCUT2D eigenvalue weighted by Crippen LogP contribution is -2.31. The van der Waals surface area contributed by atoms with E-state index in [0.717, 1.165) is 27.9 Å². The highest BCUT2D eigenvalue weighted by atomic mass is 16.5. The van der Waals surface area contributed by atoms with Gasteiger partial charge in [0.15, 0.2) is 0 Å². The number of benzene rings is 3. The van der Waals surface area contributed by atoms with Crippen molar-refractivity contribution in [2.45, 2.75) is 33.4 Å². The van der Waals surface area contributed by atoms with Gasteiger partial charge < -0.3 is 15.4 Å². The molecule has 1 amide bonds. The maximum Gasteiger partial charge on any atom is 0.255 e. The van der Waals surface area contributed by atoms with E-state index in [9.17, 15) is 4.79 Å². The summed E-state index contributed by atoms with van der Waals surface area (Å²) in [6, 6.07) is 23.0. The highest BCUT2D eigenvalue weighted by molar-refractivity contribution is 6.06. The number of nitrogens with one attached hydrogen (secondary N) is 2. The van der Waals surface area contributed by atoms with Gasteiger partial charge in [-0.25, -0.2) is 0 Å². The number of hydrogen-bond donors (Lipinski definition) is 2. The molecule has 0 bridgehead atoms. The summed E-state index contributed by atoms with van der Waals surface area (Å²) in [6.45, 7) is 6.32. The second-order valence-corrected chi connectivity index (χ2v) is 8.56. The molecule has 0 saturated heterocycles. The Kier molecular flexibility index (Phi) is 6.01. The lowest BCUT2D eigenvalue weighted by molar-refractivity contribution is -0.113. The van der Waals surface area contributed by atoms with Crippen LogP contribution >= 0.6 is 0 Å². The maximum atomic E-state index is 13.6. The van der Waals surface area contributed by atoms with Crippen molar-refractivity contribution >= 4 is 17.5 Å². The summed E-state index contributed by atoms with van der Waals surface area (Å²) in [4.78, 5) is 13.6. The number of fused-ring (bicyclic) bond motifs is 1. The Morgan fingerprint density at radius 3 is 2.66 bits per heavy atom. The average molecular weight is 467 g/mol. The first kappa shape index (κ1) is 22.3. The lowest BCUT2D eigenvalue weighted by atomic mass is 9.94. The molecule has 8 nitrogen and oxygen atoms in total. The monoisotopic (exact) mass is 466 g/mol. The molecule has 1 aliphatic heterocycles. The molecular weight excluding hydrogens is 440 g/mol. The molecule has 1 atom stereocenters. The minimum atomic E-state index is -0.522. The zero-order valence-electron chi connectivity index (χ0n) is 19.8. The topological polar surface area (TPSA) is 94.0 Å². The van der Waals surface area contributed by atoms with Crippen molar-refractivity contribution in [2.24, 2.45) is 0 Å². The van der Waals surface area contributed by atoms with Crippen LogP contribution in [0.25, 0.3) is 0 Å². The number of aromatic nitrogens is 4. The first-order chi connectivity index (χ1) is 17.0. The van der Waals surface area contributed by atoms with Crippen LogP contribution in [0, 0.1) is 13.8 Å². The van der Waals surface area contributed by atoms with Crippen molar-refractivity contribution in [2.75, 3.05) is 10.6 Å². The summed E-state index contributed by atoms with van der Waals surface area (Å²) in [5.74, 6) is 0.961. The summed E-state index contributed by atoms with van der Waals surface area (Å²) in [5, 5.41) is 18.3. The van der Waals surface area contributed by atoms with Crippen molar-refractivity contribution in [1.82, 2.24) is 20.2 Å². The Labute approximate surface area is 203 Å². The van der Waals surface area contributed by atoms with E-state index in [1.165, 1.54) is 0 Å². The van der Waals surface area contributed by atoms with Gasteiger partial charge in [-0.15, -0.1) is 0 Å². The summed E-state index contributed by atoms with van der Waals surface area (Å²) in [5.41, 5.74) is 6.05. The van der Waals surface area contributed by atoms with Gasteiger partial charge in [0.1, 0.15) is 18.4 Å². The highest BCUT2D eigenvalue weighted by Crippen LogP contribution is 2.36. The molecule has 176 valence electrons. The van der Waals surface area contributed by atoms with Gasteiger partial charge in [-0.05, 0) is 71.7 Å². The van der Waals surface area contributed by atoms with Crippen molar-refractivity contribution in [1.29, 1.82) is 0 Å². The fourth-order valence-corrected chi connectivity index (χ4v) is 4.21. The zero-order chi connectivity index (χ0) is 24.4. The van der Waals surface area contributed by atoms with Gasteiger partial charge in [0, 0.05) is 11.4 Å². The smallest absolute Gasteiger partial charge is 0.255 e. The maximum absolute atomic E-state index is 13.6. The number of aryl methyl sites for hydroxylation is 1. The average Bonchev–Trinajstić information content (AvgIpc) is 3.33. The zero-order valence-corrected chi connectivity index (χ0v) is 19.8. The van der Waals surface area contributed by atoms with Gasteiger partial charge in [0.25, 0.3) is 5.91 Å². The molecule has 0 aliphatic carbocycles. The van der Waals surface area contributed by atoms with Gasteiger partial charge >= 0.3 is 0 Å². The quantitative estimate of drug-likeness (QED) is 0.424. The number of carbonyl (C=O) groups excluding carboxylic acids is 1. The van der Waals surface area contributed by atoms with Gasteiger partial charge in [-0.2, -0.15) is 4.68 Å². The van der Waals surface area contributed by atoms with Gasteiger partial charge in [-0.3, -0.25) is 4.79 Å². The third-order valence-electron chi connectivity index (χ3n) is 6.23. The van der Waals surface area contributed by atoms with E-state index in [4.69, 9.17) is 4.74 Å². The number of nitrogens with zero attached hydrogens (tertiary/aromatic N) is 4. The van der Waals surface area contributed by atoms with E-state index in [1.807, 2.05) is 93.6 Å². The molecule has 0 spiro atoms. The number of anilines is 2. The fraction of sp³-hybridized carbons (Fsp3) is 0.185. The van der Waals surface area contributed by atoms with Crippen LogP contribution in [0.15, 0.2) is 84.1 Å². The van der Waals surface area contributed by atoms with Gasteiger partial charge in [-0.1, -0.05) is 59.7 Å². The molecule has 0 fully saturated rings. The number of ether oxygens (including phenoxy) is 1. The van der Waals surface area contributed by atoms with E-state index in [2.05, 4.69) is 26.2 Å². The van der Waals surface area contributed by atoms with Crippen LogP contribution in [0.2, 0.25) is 0 Å². The molecular formula is C27H26N6O2. The number of allylic oxidation sites excluding steroid dienone is 1. The molecule has 5 rings (SSSR count). The molecule has 35 heavy (non-hydrogen) atoms. The van der Waals surface area contributed by atoms with E-state index < -0.39 is 6.04 Å². The molecule has 2 heterocycles. The van der Waals surface area contributed by atoms with E-state index >= 15 is 0 Å². The molecule has 1 unspecified atom stereocenters. The molecule has 0 saturated carbocycles. The highest BCUT2D eigenvalue weighted by Gasteiger charge is 2.34. The predicted octanol–water partition coefficient (Wildman–Crippen LogP) is 4.80. The number of carbonyl (C=O) groups is 1. The van der Waals surface area contributed by atoms with Crippen LogP contribution < -0.4 is 15.4 Å². The minimum Gasteiger partial charge on any atom is -0.489 e. The van der Waals surface area contributed by atoms with Crippen LogP contribution in [0.4, 0.5) is 11.6 Å². The number of hydrogen-bond acceptors (Lipinski definition) is 6. The standard InChI is InChI=1S/C27H26N6O2/c1-17-9-7-14-23(18(17)2)29-26(34)24-19(3)28-27-30-31-32-33(27)25(24)21-12-8-13-22(15-21)35-16-20-10-5-4-6-11-20/h4-15,25H,16H2,1-3H3,(H,29,34)(H,28,30,32). The third kappa shape index (κ3) is 4.50. The molecule has 4 aromatic rings. The van der Waals surface area contributed by atoms with Crippen molar-refractivity contribution in [3.8, 4) is 5.75 Å². The predicted molar refractivity (Wildman–Crippen MR) is 134 cm³/mol. The van der Waals surface area contributed by atoms with Crippen molar-refractivity contribution < 1.29 is 9.53 Å². The lowest BCUT2D eigenvalue weighted by Gasteiger charge is -2.28. The molecule has 0 radical (unpaired) electrons. The number of amides is 1. The third-order valence-corrected chi connectivity index (χ3v) is 6.23. The van der Waals surface area contributed by atoms with Gasteiger partial charge in [0.05, 0.1) is 5.57 Å². The van der Waals surface area contributed by atoms with Crippen molar-refractivity contribution in [3.05, 3.63) is 106 Å². The molecule has 1 aliphatic rings.